The molecule has 0 saturated heterocycles. The second-order valence-corrected chi connectivity index (χ2v) is 4.31. The van der Waals surface area contributed by atoms with E-state index in [9.17, 15) is 0 Å². The van der Waals surface area contributed by atoms with Gasteiger partial charge in [-0.3, -0.25) is 9.67 Å². The van der Waals surface area contributed by atoms with E-state index >= 15 is 0 Å². The number of hydrogen-bond acceptors (Lipinski definition) is 5. The first-order valence-electron chi connectivity index (χ1n) is 5.25. The molecule has 0 atom stereocenters. The summed E-state index contributed by atoms with van der Waals surface area (Å²) in [6, 6.07) is 2.01. The molecule has 17 heavy (non-hydrogen) atoms. The van der Waals surface area contributed by atoms with Gasteiger partial charge in [-0.2, -0.15) is 5.10 Å². The van der Waals surface area contributed by atoms with E-state index in [1.165, 1.54) is 0 Å². The van der Waals surface area contributed by atoms with Gasteiger partial charge >= 0.3 is 0 Å². The molecular weight excluding hydrogens is 240 g/mol. The van der Waals surface area contributed by atoms with Crippen LogP contribution in [0.5, 0.6) is 0 Å². The van der Waals surface area contributed by atoms with Crippen molar-refractivity contribution in [3.8, 4) is 11.5 Å². The normalized spacial score (nSPS) is 11.3. The predicted molar refractivity (Wildman–Crippen MR) is 64.0 cm³/mol. The van der Waals surface area contributed by atoms with Gasteiger partial charge in [0.2, 0.25) is 0 Å². The second kappa shape index (κ2) is 4.80. The average Bonchev–Trinajstić information content (AvgIpc) is 2.84. The number of hydrogen-bond donors (Lipinski definition) is 1. The Morgan fingerprint density at radius 2 is 2.35 bits per heavy atom. The van der Waals surface area contributed by atoms with Gasteiger partial charge in [-0.25, -0.2) is 0 Å². The van der Waals surface area contributed by atoms with Crippen molar-refractivity contribution in [3.05, 3.63) is 16.6 Å². The van der Waals surface area contributed by atoms with Crippen LogP contribution in [0.1, 0.15) is 25.6 Å². The Morgan fingerprint density at radius 1 is 1.59 bits per heavy atom. The largest absolute Gasteiger partial charge is 0.377 e. The summed E-state index contributed by atoms with van der Waals surface area (Å²) in [5.74, 6) is 1.34. The van der Waals surface area contributed by atoms with Gasteiger partial charge in [0.15, 0.2) is 22.0 Å². The van der Waals surface area contributed by atoms with Gasteiger partial charge in [0.05, 0.1) is 0 Å². The summed E-state index contributed by atoms with van der Waals surface area (Å²) in [7, 11) is 1.60. The Hall–Kier alpha value is -1.47. The fourth-order valence-corrected chi connectivity index (χ4v) is 1.94. The molecule has 2 aromatic heterocycles. The number of H-pyrrole nitrogens is 1. The van der Waals surface area contributed by atoms with Crippen molar-refractivity contribution < 1.29 is 9.26 Å². The molecule has 0 bridgehead atoms. The smallest absolute Gasteiger partial charge is 0.195 e. The summed E-state index contributed by atoms with van der Waals surface area (Å²) in [5, 5.41) is 10.9. The summed E-state index contributed by atoms with van der Waals surface area (Å²) in [6.07, 6.45) is 0. The lowest BCUT2D eigenvalue weighted by Gasteiger charge is -2.07. The summed E-state index contributed by atoms with van der Waals surface area (Å²) in [4.78, 5) is 0. The highest BCUT2D eigenvalue weighted by atomic mass is 32.1. The van der Waals surface area contributed by atoms with Crippen LogP contribution in [0.2, 0.25) is 0 Å². The van der Waals surface area contributed by atoms with E-state index in [0.717, 1.165) is 0 Å². The number of ether oxygens (including phenoxy) is 1. The Labute approximate surface area is 104 Å². The first-order valence-corrected chi connectivity index (χ1v) is 5.66. The van der Waals surface area contributed by atoms with Crippen molar-refractivity contribution in [2.45, 2.75) is 26.5 Å². The summed E-state index contributed by atoms with van der Waals surface area (Å²) >= 11 is 5.17. The Morgan fingerprint density at radius 3 is 3.00 bits per heavy atom. The summed E-state index contributed by atoms with van der Waals surface area (Å²) < 4.78 is 12.6. The first-order chi connectivity index (χ1) is 8.13. The van der Waals surface area contributed by atoms with Crippen LogP contribution < -0.4 is 0 Å². The van der Waals surface area contributed by atoms with Crippen LogP contribution in [0.25, 0.3) is 11.5 Å². The molecule has 2 aromatic rings. The number of nitrogens with zero attached hydrogens (tertiary/aromatic N) is 3. The van der Waals surface area contributed by atoms with Crippen LogP contribution in [0.4, 0.5) is 0 Å². The Bertz CT molecular complexity index is 555. The van der Waals surface area contributed by atoms with Crippen LogP contribution in [0.15, 0.2) is 10.6 Å². The Balaban J connectivity index is 2.42. The molecule has 6 nitrogen and oxygen atoms in total. The third-order valence-corrected chi connectivity index (χ3v) is 2.58. The topological polar surface area (TPSA) is 68.9 Å². The number of methoxy groups -OCH3 is 1. The molecule has 0 amide bonds. The Kier molecular flexibility index (Phi) is 3.39. The SMILES string of the molecule is COCc1cc(-c2n[nH]c(=S)n2C(C)C)no1. The van der Waals surface area contributed by atoms with Crippen molar-refractivity contribution in [3.63, 3.8) is 0 Å². The van der Waals surface area contributed by atoms with Gasteiger partial charge in [0.25, 0.3) is 0 Å². The highest BCUT2D eigenvalue weighted by Crippen LogP contribution is 2.20. The van der Waals surface area contributed by atoms with E-state index in [0.29, 0.717) is 28.7 Å². The van der Waals surface area contributed by atoms with Gasteiger partial charge in [-0.1, -0.05) is 5.16 Å². The van der Waals surface area contributed by atoms with E-state index in [4.69, 9.17) is 21.5 Å². The van der Waals surface area contributed by atoms with Crippen LogP contribution in [0, 0.1) is 4.77 Å². The number of nitrogens with one attached hydrogen (secondary N) is 1. The molecule has 0 spiro atoms. The van der Waals surface area contributed by atoms with E-state index in [1.54, 1.807) is 13.2 Å². The minimum absolute atomic E-state index is 0.207. The molecule has 0 fully saturated rings. The lowest BCUT2D eigenvalue weighted by atomic mass is 10.3. The zero-order valence-electron chi connectivity index (χ0n) is 9.93. The molecule has 7 heteroatoms. The third kappa shape index (κ3) is 2.29. The predicted octanol–water partition coefficient (Wildman–Crippen LogP) is 2.32. The van der Waals surface area contributed by atoms with Gasteiger partial charge in [-0.05, 0) is 26.1 Å². The fourth-order valence-electron chi connectivity index (χ4n) is 1.59. The zero-order chi connectivity index (χ0) is 12.4. The summed E-state index contributed by atoms with van der Waals surface area (Å²) in [6.45, 7) is 4.45. The van der Waals surface area contributed by atoms with Crippen LogP contribution in [-0.2, 0) is 11.3 Å². The van der Waals surface area contributed by atoms with Crippen molar-refractivity contribution in [1.82, 2.24) is 19.9 Å². The van der Waals surface area contributed by atoms with Crippen molar-refractivity contribution >= 4 is 12.2 Å². The molecule has 0 unspecified atom stereocenters. The molecule has 0 aliphatic carbocycles. The van der Waals surface area contributed by atoms with E-state index in [2.05, 4.69) is 15.4 Å². The minimum Gasteiger partial charge on any atom is -0.377 e. The van der Waals surface area contributed by atoms with Crippen LogP contribution >= 0.6 is 12.2 Å². The van der Waals surface area contributed by atoms with Gasteiger partial charge in [0, 0.05) is 19.2 Å². The van der Waals surface area contributed by atoms with Gasteiger partial charge in [0.1, 0.15) is 6.61 Å². The molecule has 1 N–H and O–H groups in total. The van der Waals surface area contributed by atoms with E-state index in [-0.39, 0.29) is 6.04 Å². The molecule has 2 rings (SSSR count). The van der Waals surface area contributed by atoms with E-state index in [1.807, 2.05) is 18.4 Å². The average molecular weight is 254 g/mol. The fraction of sp³-hybridized carbons (Fsp3) is 0.500. The molecule has 2 heterocycles. The highest BCUT2D eigenvalue weighted by Gasteiger charge is 2.15. The summed E-state index contributed by atoms with van der Waals surface area (Å²) in [5.41, 5.74) is 0.651. The standard InChI is InChI=1S/C10H14N4O2S/c1-6(2)14-9(11-12-10(14)17)8-4-7(5-15-3)16-13-8/h4,6H,5H2,1-3H3,(H,12,17). The van der Waals surface area contributed by atoms with Crippen LogP contribution in [-0.4, -0.2) is 27.0 Å². The number of rotatable bonds is 4. The number of aromatic nitrogens is 4. The molecule has 92 valence electrons. The van der Waals surface area contributed by atoms with Crippen molar-refractivity contribution in [2.24, 2.45) is 0 Å². The maximum atomic E-state index is 5.17. The molecular formula is C10H14N4O2S. The third-order valence-electron chi connectivity index (χ3n) is 2.30. The lowest BCUT2D eigenvalue weighted by Crippen LogP contribution is -2.03. The zero-order valence-corrected chi connectivity index (χ0v) is 10.7. The second-order valence-electron chi connectivity index (χ2n) is 3.93. The molecule has 0 radical (unpaired) electrons. The number of aromatic amines is 1. The molecule has 0 aliphatic heterocycles. The van der Waals surface area contributed by atoms with Gasteiger partial charge in [-0.15, -0.1) is 0 Å². The lowest BCUT2D eigenvalue weighted by molar-refractivity contribution is 0.156. The maximum Gasteiger partial charge on any atom is 0.195 e. The van der Waals surface area contributed by atoms with Gasteiger partial charge < -0.3 is 9.26 Å². The van der Waals surface area contributed by atoms with E-state index < -0.39 is 0 Å². The van der Waals surface area contributed by atoms with Crippen molar-refractivity contribution in [1.29, 1.82) is 0 Å². The van der Waals surface area contributed by atoms with Crippen LogP contribution in [0.3, 0.4) is 0 Å². The molecule has 0 aromatic carbocycles. The maximum absolute atomic E-state index is 5.17. The quantitative estimate of drug-likeness (QED) is 0.848. The highest BCUT2D eigenvalue weighted by molar-refractivity contribution is 7.71. The minimum atomic E-state index is 0.207. The first kappa shape index (κ1) is 12.0. The van der Waals surface area contributed by atoms with Crippen molar-refractivity contribution in [2.75, 3.05) is 7.11 Å². The monoisotopic (exact) mass is 254 g/mol. The molecule has 0 aliphatic rings. The molecule has 0 saturated carbocycles.